The van der Waals surface area contributed by atoms with Crippen molar-refractivity contribution in [2.45, 2.75) is 25.7 Å². The van der Waals surface area contributed by atoms with Crippen molar-refractivity contribution in [3.63, 3.8) is 0 Å². The zero-order valence-electron chi connectivity index (χ0n) is 16.7. The van der Waals surface area contributed by atoms with Crippen molar-refractivity contribution in [2.24, 2.45) is 5.10 Å². The van der Waals surface area contributed by atoms with Crippen molar-refractivity contribution in [1.82, 2.24) is 15.0 Å². The van der Waals surface area contributed by atoms with Gasteiger partial charge in [0.2, 0.25) is 17.8 Å². The Labute approximate surface area is 174 Å². The van der Waals surface area contributed by atoms with E-state index in [1.165, 1.54) is 0 Å². The van der Waals surface area contributed by atoms with Gasteiger partial charge in [0, 0.05) is 26.2 Å². The number of carbonyl (C=O) groups is 1. The highest BCUT2D eigenvalue weighted by Crippen LogP contribution is 2.22. The van der Waals surface area contributed by atoms with Gasteiger partial charge in [-0.1, -0.05) is 12.1 Å². The molecule has 2 aliphatic rings. The van der Waals surface area contributed by atoms with Crippen molar-refractivity contribution < 1.29 is 14.6 Å². The van der Waals surface area contributed by atoms with E-state index in [4.69, 9.17) is 4.74 Å². The van der Waals surface area contributed by atoms with Crippen LogP contribution in [0.3, 0.4) is 0 Å². The highest BCUT2D eigenvalue weighted by Gasteiger charge is 2.21. The smallest absolute Gasteiger partial charge is 0.250 e. The van der Waals surface area contributed by atoms with Gasteiger partial charge in [-0.05, 0) is 43.4 Å². The van der Waals surface area contributed by atoms with Crippen LogP contribution in [-0.4, -0.2) is 59.9 Å². The summed E-state index contributed by atoms with van der Waals surface area (Å²) in [6.45, 7) is 3.30. The van der Waals surface area contributed by atoms with E-state index in [1.807, 2.05) is 6.07 Å². The summed E-state index contributed by atoms with van der Waals surface area (Å²) in [5.41, 5.74) is 3.64. The number of aromatic nitrogens is 3. The van der Waals surface area contributed by atoms with E-state index in [0.29, 0.717) is 23.6 Å². The van der Waals surface area contributed by atoms with E-state index < -0.39 is 12.6 Å². The van der Waals surface area contributed by atoms with Crippen LogP contribution in [0.25, 0.3) is 0 Å². The van der Waals surface area contributed by atoms with E-state index in [9.17, 15) is 9.90 Å². The van der Waals surface area contributed by atoms with Crippen LogP contribution in [-0.2, 0) is 4.79 Å². The number of nitrogens with zero attached hydrogens (tertiary/aromatic N) is 6. The van der Waals surface area contributed by atoms with Gasteiger partial charge in [0.15, 0.2) is 0 Å². The first-order valence-electron chi connectivity index (χ1n) is 10.2. The van der Waals surface area contributed by atoms with Crippen molar-refractivity contribution in [1.29, 1.82) is 0 Å². The zero-order chi connectivity index (χ0) is 20.8. The molecule has 1 aromatic heterocycles. The molecular weight excluding hydrogens is 386 g/mol. The topological polar surface area (TPSA) is 119 Å². The Hall–Kier alpha value is -3.43. The van der Waals surface area contributed by atoms with Crippen LogP contribution in [0.5, 0.6) is 5.75 Å². The monoisotopic (exact) mass is 410 g/mol. The highest BCUT2D eigenvalue weighted by molar-refractivity contribution is 5.80. The normalized spacial score (nSPS) is 16.4. The molecule has 2 aliphatic heterocycles. The van der Waals surface area contributed by atoms with Crippen LogP contribution < -0.4 is 25.1 Å². The first-order chi connectivity index (χ1) is 14.7. The third-order valence-electron chi connectivity index (χ3n) is 4.98. The molecule has 0 atom stereocenters. The molecule has 0 bridgehead atoms. The molecule has 0 spiro atoms. The average Bonchev–Trinajstić information content (AvgIpc) is 3.46. The number of carboxylic acid groups (broad SMARTS) is 1. The maximum absolute atomic E-state index is 10.5. The van der Waals surface area contributed by atoms with Gasteiger partial charge >= 0.3 is 0 Å². The molecule has 1 aromatic carbocycles. The predicted octanol–water partition coefficient (Wildman–Crippen LogP) is 0.647. The van der Waals surface area contributed by atoms with E-state index in [-0.39, 0.29) is 0 Å². The molecule has 3 heterocycles. The van der Waals surface area contributed by atoms with Crippen molar-refractivity contribution >= 4 is 30.0 Å². The van der Waals surface area contributed by atoms with Crippen LogP contribution in [0, 0.1) is 0 Å². The standard InChI is InChI=1S/C20H25N7O3/c28-17(29)14-30-16-7-5-6-15(12-16)13-21-25-18-22-19(26-8-1-2-9-26)24-20(23-18)27-10-3-4-11-27/h5-7,12-13H,1-4,8-11,14H2,(H,28,29)(H,22,23,24,25)/p-1/b21-13-. The fourth-order valence-corrected chi connectivity index (χ4v) is 3.51. The lowest BCUT2D eigenvalue weighted by Gasteiger charge is -2.20. The number of hydrazone groups is 1. The molecule has 4 rings (SSSR count). The summed E-state index contributed by atoms with van der Waals surface area (Å²) in [5, 5.41) is 14.8. The molecule has 10 nitrogen and oxygen atoms in total. The minimum absolute atomic E-state index is 0.398. The average molecular weight is 410 g/mol. The molecule has 0 amide bonds. The summed E-state index contributed by atoms with van der Waals surface area (Å²) in [4.78, 5) is 28.6. The number of carbonyl (C=O) groups excluding carboxylic acids is 1. The first-order valence-corrected chi connectivity index (χ1v) is 10.2. The van der Waals surface area contributed by atoms with Gasteiger partial charge in [-0.25, -0.2) is 5.43 Å². The first kappa shape index (κ1) is 19.9. The molecule has 0 saturated carbocycles. The molecule has 1 N–H and O–H groups in total. The van der Waals surface area contributed by atoms with Gasteiger partial charge < -0.3 is 24.4 Å². The summed E-state index contributed by atoms with van der Waals surface area (Å²) in [5.74, 6) is 0.915. The maximum atomic E-state index is 10.5. The van der Waals surface area contributed by atoms with E-state index in [2.05, 4.69) is 35.3 Å². The number of benzene rings is 1. The number of ether oxygens (including phenoxy) is 1. The molecule has 2 aromatic rings. The Kier molecular flexibility index (Phi) is 6.21. The molecule has 158 valence electrons. The minimum Gasteiger partial charge on any atom is -0.546 e. The van der Waals surface area contributed by atoms with Crippen LogP contribution in [0.4, 0.5) is 17.8 Å². The van der Waals surface area contributed by atoms with E-state index in [1.54, 1.807) is 24.4 Å². The van der Waals surface area contributed by atoms with E-state index in [0.717, 1.165) is 57.4 Å². The second kappa shape index (κ2) is 9.38. The Morgan fingerprint density at radius 3 is 2.30 bits per heavy atom. The van der Waals surface area contributed by atoms with Gasteiger partial charge in [-0.2, -0.15) is 20.1 Å². The van der Waals surface area contributed by atoms with Crippen molar-refractivity contribution in [3.8, 4) is 5.75 Å². The maximum Gasteiger partial charge on any atom is 0.250 e. The minimum atomic E-state index is -1.27. The molecule has 0 unspecified atom stereocenters. The quantitative estimate of drug-likeness (QED) is 0.494. The summed E-state index contributed by atoms with van der Waals surface area (Å²) >= 11 is 0. The molecular formula is C20H24N7O3-. The number of hydrogen-bond donors (Lipinski definition) is 1. The zero-order valence-corrected chi connectivity index (χ0v) is 16.7. The predicted molar refractivity (Wildman–Crippen MR) is 111 cm³/mol. The third kappa shape index (κ3) is 5.13. The lowest BCUT2D eigenvalue weighted by atomic mass is 10.2. The fraction of sp³-hybridized carbons (Fsp3) is 0.450. The number of anilines is 3. The van der Waals surface area contributed by atoms with Crippen molar-refractivity contribution in [3.05, 3.63) is 29.8 Å². The Bertz CT molecular complexity index is 875. The third-order valence-corrected chi connectivity index (χ3v) is 4.98. The van der Waals surface area contributed by atoms with Gasteiger partial charge in [0.25, 0.3) is 0 Å². The van der Waals surface area contributed by atoms with Gasteiger partial charge in [0.05, 0.1) is 12.2 Å². The Balaban J connectivity index is 1.48. The summed E-state index contributed by atoms with van der Waals surface area (Å²) in [7, 11) is 0. The SMILES string of the molecule is O=C([O-])COc1cccc(/C=N\Nc2nc(N3CCCC3)nc(N3CCCC3)n2)c1. The second-order valence-corrected chi connectivity index (χ2v) is 7.25. The number of rotatable bonds is 8. The molecule has 2 fully saturated rings. The fourth-order valence-electron chi connectivity index (χ4n) is 3.51. The summed E-state index contributed by atoms with van der Waals surface area (Å²) < 4.78 is 5.13. The van der Waals surface area contributed by atoms with E-state index >= 15 is 0 Å². The molecule has 0 aliphatic carbocycles. The van der Waals surface area contributed by atoms with Gasteiger partial charge in [-0.15, -0.1) is 0 Å². The Morgan fingerprint density at radius 1 is 1.07 bits per heavy atom. The molecule has 0 radical (unpaired) electrons. The van der Waals surface area contributed by atoms with Crippen LogP contribution >= 0.6 is 0 Å². The second-order valence-electron chi connectivity index (χ2n) is 7.25. The number of hydrogen-bond acceptors (Lipinski definition) is 10. The summed E-state index contributed by atoms with van der Waals surface area (Å²) in [6.07, 6.45) is 6.16. The number of carboxylic acids is 1. The summed E-state index contributed by atoms with van der Waals surface area (Å²) in [6, 6.07) is 6.94. The van der Waals surface area contributed by atoms with Crippen LogP contribution in [0.1, 0.15) is 31.2 Å². The number of nitrogens with one attached hydrogen (secondary N) is 1. The van der Waals surface area contributed by atoms with Gasteiger partial charge in [-0.3, -0.25) is 0 Å². The van der Waals surface area contributed by atoms with Crippen LogP contribution in [0.2, 0.25) is 0 Å². The van der Waals surface area contributed by atoms with Gasteiger partial charge in [0.1, 0.15) is 12.4 Å². The lowest BCUT2D eigenvalue weighted by Crippen LogP contribution is -2.28. The highest BCUT2D eigenvalue weighted by atomic mass is 16.5. The number of aliphatic carboxylic acids is 1. The van der Waals surface area contributed by atoms with Crippen molar-refractivity contribution in [2.75, 3.05) is 48.0 Å². The largest absolute Gasteiger partial charge is 0.546 e. The molecule has 2 saturated heterocycles. The van der Waals surface area contributed by atoms with Crippen LogP contribution in [0.15, 0.2) is 29.4 Å². The molecule has 10 heteroatoms. The Morgan fingerprint density at radius 2 is 1.70 bits per heavy atom. The molecule has 30 heavy (non-hydrogen) atoms. The lowest BCUT2D eigenvalue weighted by molar-refractivity contribution is -0.307.